The van der Waals surface area contributed by atoms with E-state index in [0.29, 0.717) is 30.6 Å². The fourth-order valence-corrected chi connectivity index (χ4v) is 3.30. The zero-order valence-corrected chi connectivity index (χ0v) is 17.4. The Balaban J connectivity index is 1.97. The number of hydrogen-bond acceptors (Lipinski definition) is 4. The fourth-order valence-electron chi connectivity index (χ4n) is 3.30. The molecule has 0 fully saturated rings. The number of hydrogen-bond donors (Lipinski definition) is 1. The number of pyridine rings is 1. The highest BCUT2D eigenvalue weighted by Crippen LogP contribution is 2.31. The van der Waals surface area contributed by atoms with Gasteiger partial charge in [-0.1, -0.05) is 18.2 Å². The SMILES string of the molecule is Cc1ccc(C(C=NCCC(C)(C)F)=CN)c(-c2ccc3c(c2)C(=O)N(C)C3)n1. The maximum Gasteiger partial charge on any atom is 0.254 e. The maximum absolute atomic E-state index is 13.7. The van der Waals surface area contributed by atoms with E-state index >= 15 is 0 Å². The molecule has 3 rings (SSSR count). The molecule has 6 heteroatoms. The second-order valence-electron chi connectivity index (χ2n) is 8.01. The minimum absolute atomic E-state index is 0.0149. The van der Waals surface area contributed by atoms with Crippen molar-refractivity contribution in [3.05, 3.63) is 58.9 Å². The second-order valence-corrected chi connectivity index (χ2v) is 8.01. The normalized spacial score (nSPS) is 14.7. The lowest BCUT2D eigenvalue weighted by molar-refractivity contribution is 0.0816. The standard InChI is InChI=1S/C23H27FN4O/c1-15-5-8-19(18(12-25)13-26-10-9-23(2,3)24)21(27-15)16-6-7-17-14-28(4)22(29)20(17)11-16/h5-8,11-13H,9-10,14,25H2,1-4H3. The minimum Gasteiger partial charge on any atom is -0.404 e. The third-order valence-corrected chi connectivity index (χ3v) is 4.96. The van der Waals surface area contributed by atoms with Gasteiger partial charge in [-0.25, -0.2) is 4.39 Å². The van der Waals surface area contributed by atoms with Crippen molar-refractivity contribution in [2.24, 2.45) is 10.7 Å². The number of fused-ring (bicyclic) bond motifs is 1. The number of amides is 1. The van der Waals surface area contributed by atoms with Gasteiger partial charge in [-0.05, 0) is 38.5 Å². The summed E-state index contributed by atoms with van der Waals surface area (Å²) in [6, 6.07) is 9.70. The third kappa shape index (κ3) is 4.70. The Bertz CT molecular complexity index is 989. The van der Waals surface area contributed by atoms with Gasteiger partial charge in [0.05, 0.1) is 5.69 Å². The van der Waals surface area contributed by atoms with E-state index in [4.69, 9.17) is 10.7 Å². The zero-order valence-electron chi connectivity index (χ0n) is 17.4. The molecule has 0 aliphatic carbocycles. The van der Waals surface area contributed by atoms with Crippen LogP contribution in [0.3, 0.4) is 0 Å². The average Bonchev–Trinajstić information content (AvgIpc) is 2.95. The molecule has 5 nitrogen and oxygen atoms in total. The number of alkyl halides is 1. The number of aromatic nitrogens is 1. The molecular weight excluding hydrogens is 367 g/mol. The predicted molar refractivity (Wildman–Crippen MR) is 116 cm³/mol. The predicted octanol–water partition coefficient (Wildman–Crippen LogP) is 4.15. The van der Waals surface area contributed by atoms with E-state index in [1.807, 2.05) is 37.3 Å². The van der Waals surface area contributed by atoms with Gasteiger partial charge in [0.25, 0.3) is 5.91 Å². The average molecular weight is 394 g/mol. The monoisotopic (exact) mass is 394 g/mol. The highest BCUT2D eigenvalue weighted by molar-refractivity contribution is 6.12. The molecule has 1 aliphatic rings. The first-order chi connectivity index (χ1) is 13.7. The van der Waals surface area contributed by atoms with Gasteiger partial charge in [-0.2, -0.15) is 0 Å². The highest BCUT2D eigenvalue weighted by Gasteiger charge is 2.25. The molecule has 2 heterocycles. The summed E-state index contributed by atoms with van der Waals surface area (Å²) < 4.78 is 13.7. The van der Waals surface area contributed by atoms with Crippen molar-refractivity contribution in [1.29, 1.82) is 0 Å². The van der Waals surface area contributed by atoms with Crippen LogP contribution in [0.1, 0.15) is 47.4 Å². The Morgan fingerprint density at radius 1 is 1.34 bits per heavy atom. The summed E-state index contributed by atoms with van der Waals surface area (Å²) >= 11 is 0. The van der Waals surface area contributed by atoms with E-state index in [9.17, 15) is 9.18 Å². The van der Waals surface area contributed by atoms with Crippen LogP contribution in [0.4, 0.5) is 4.39 Å². The molecule has 1 amide bonds. The summed E-state index contributed by atoms with van der Waals surface area (Å²) in [7, 11) is 1.79. The molecular formula is C23H27FN4O. The van der Waals surface area contributed by atoms with Crippen LogP contribution in [-0.4, -0.2) is 41.3 Å². The van der Waals surface area contributed by atoms with E-state index in [1.54, 1.807) is 18.2 Å². The van der Waals surface area contributed by atoms with Crippen LogP contribution >= 0.6 is 0 Å². The number of nitrogens with zero attached hydrogens (tertiary/aromatic N) is 3. The molecule has 29 heavy (non-hydrogen) atoms. The number of aliphatic imine (C=N–C) groups is 1. The largest absolute Gasteiger partial charge is 0.404 e. The lowest BCUT2D eigenvalue weighted by Crippen LogP contribution is -2.17. The van der Waals surface area contributed by atoms with Gasteiger partial charge in [-0.15, -0.1) is 0 Å². The molecule has 1 aliphatic heterocycles. The van der Waals surface area contributed by atoms with E-state index in [1.165, 1.54) is 20.0 Å². The number of carbonyl (C=O) groups excluding carboxylic acids is 1. The highest BCUT2D eigenvalue weighted by atomic mass is 19.1. The van der Waals surface area contributed by atoms with E-state index in [2.05, 4.69) is 4.99 Å². The minimum atomic E-state index is -1.26. The number of nitrogens with two attached hydrogens (primary N) is 1. The van der Waals surface area contributed by atoms with Crippen LogP contribution in [0.25, 0.3) is 16.8 Å². The van der Waals surface area contributed by atoms with Gasteiger partial charge in [0, 0.05) is 66.9 Å². The van der Waals surface area contributed by atoms with Crippen molar-refractivity contribution in [3.63, 3.8) is 0 Å². The number of benzene rings is 1. The zero-order chi connectivity index (χ0) is 21.2. The molecule has 0 radical (unpaired) electrons. The van der Waals surface area contributed by atoms with Gasteiger partial charge >= 0.3 is 0 Å². The van der Waals surface area contributed by atoms with Crippen molar-refractivity contribution < 1.29 is 9.18 Å². The van der Waals surface area contributed by atoms with Crippen LogP contribution in [0.2, 0.25) is 0 Å². The Morgan fingerprint density at radius 3 is 2.79 bits per heavy atom. The summed E-state index contributed by atoms with van der Waals surface area (Å²) in [5, 5.41) is 0. The van der Waals surface area contributed by atoms with Gasteiger partial charge in [0.2, 0.25) is 0 Å². The summed E-state index contributed by atoms with van der Waals surface area (Å²) in [4.78, 5) is 23.1. The molecule has 0 atom stereocenters. The number of carbonyl (C=O) groups is 1. The summed E-state index contributed by atoms with van der Waals surface area (Å²) in [6.45, 7) is 5.99. The topological polar surface area (TPSA) is 71.6 Å². The van der Waals surface area contributed by atoms with Crippen molar-refractivity contribution in [3.8, 4) is 11.3 Å². The quantitative estimate of drug-likeness (QED) is 0.748. The van der Waals surface area contributed by atoms with Crippen molar-refractivity contribution >= 4 is 17.7 Å². The van der Waals surface area contributed by atoms with Gasteiger partial charge in [0.1, 0.15) is 5.67 Å². The van der Waals surface area contributed by atoms with Crippen molar-refractivity contribution in [2.75, 3.05) is 13.6 Å². The number of aryl methyl sites for hydroxylation is 1. The summed E-state index contributed by atoms with van der Waals surface area (Å²) in [5.41, 5.74) is 10.3. The fraction of sp³-hybridized carbons (Fsp3) is 0.348. The Morgan fingerprint density at radius 2 is 2.10 bits per heavy atom. The Kier molecular flexibility index (Phi) is 5.82. The van der Waals surface area contributed by atoms with E-state index < -0.39 is 5.67 Å². The van der Waals surface area contributed by atoms with E-state index in [0.717, 1.165) is 28.1 Å². The van der Waals surface area contributed by atoms with Crippen LogP contribution in [0, 0.1) is 6.92 Å². The lowest BCUT2D eigenvalue weighted by atomic mass is 9.97. The van der Waals surface area contributed by atoms with Crippen LogP contribution in [0.5, 0.6) is 0 Å². The Labute approximate surface area is 171 Å². The first kappa shape index (κ1) is 20.7. The molecule has 2 N–H and O–H groups in total. The molecule has 152 valence electrons. The van der Waals surface area contributed by atoms with Crippen LogP contribution in [0.15, 0.2) is 41.5 Å². The molecule has 2 aromatic rings. The summed E-state index contributed by atoms with van der Waals surface area (Å²) in [6.07, 6.45) is 3.47. The molecule has 1 aromatic carbocycles. The number of allylic oxidation sites excluding steroid dienone is 1. The second kappa shape index (κ2) is 8.15. The maximum atomic E-state index is 13.7. The van der Waals surface area contributed by atoms with Crippen LogP contribution in [-0.2, 0) is 6.54 Å². The Hall–Kier alpha value is -3.02. The lowest BCUT2D eigenvalue weighted by Gasteiger charge is -2.13. The first-order valence-corrected chi connectivity index (χ1v) is 9.67. The molecule has 0 spiro atoms. The van der Waals surface area contributed by atoms with Crippen molar-refractivity contribution in [1.82, 2.24) is 9.88 Å². The first-order valence-electron chi connectivity index (χ1n) is 9.67. The van der Waals surface area contributed by atoms with Crippen LogP contribution < -0.4 is 5.73 Å². The van der Waals surface area contributed by atoms with Gasteiger partial charge in [-0.3, -0.25) is 14.8 Å². The van der Waals surface area contributed by atoms with Gasteiger partial charge in [0.15, 0.2) is 0 Å². The molecule has 0 unspecified atom stereocenters. The molecule has 0 saturated carbocycles. The molecule has 1 aromatic heterocycles. The summed E-state index contributed by atoms with van der Waals surface area (Å²) in [5.74, 6) is 0.0149. The molecule has 0 saturated heterocycles. The smallest absolute Gasteiger partial charge is 0.254 e. The van der Waals surface area contributed by atoms with Crippen molar-refractivity contribution in [2.45, 2.75) is 39.4 Å². The van der Waals surface area contributed by atoms with Gasteiger partial charge < -0.3 is 10.6 Å². The van der Waals surface area contributed by atoms with E-state index in [-0.39, 0.29) is 5.91 Å². The molecule has 0 bridgehead atoms. The number of rotatable bonds is 6. The third-order valence-electron chi connectivity index (χ3n) is 4.96. The number of halogens is 1.